The van der Waals surface area contributed by atoms with E-state index >= 15 is 0 Å². The lowest BCUT2D eigenvalue weighted by atomic mass is 9.72. The van der Waals surface area contributed by atoms with Crippen molar-refractivity contribution in [2.45, 2.75) is 75.6 Å². The third-order valence-electron chi connectivity index (χ3n) is 7.12. The van der Waals surface area contributed by atoms with Crippen LogP contribution in [0.25, 0.3) is 0 Å². The summed E-state index contributed by atoms with van der Waals surface area (Å²) < 4.78 is 51.8. The second kappa shape index (κ2) is 7.96. The molecule has 1 aromatic carbocycles. The highest BCUT2D eigenvalue weighted by Crippen LogP contribution is 2.44. The van der Waals surface area contributed by atoms with Gasteiger partial charge < -0.3 is 14.6 Å². The number of halogens is 3. The highest BCUT2D eigenvalue weighted by molar-refractivity contribution is 5.26. The predicted molar refractivity (Wildman–Crippen MR) is 98.0 cm³/mol. The van der Waals surface area contributed by atoms with E-state index in [1.807, 2.05) is 0 Å². The standard InChI is InChI=1S/C22H29F3O3/c23-18-13-17(14-19(24)20(18)25)21(26)7-3-15(4-8-21)1-2-16-5-9-22(10-6-16)27-11-12-28-22/h13-16,26H,1-12H2. The molecule has 28 heavy (non-hydrogen) atoms. The summed E-state index contributed by atoms with van der Waals surface area (Å²) in [5.41, 5.74) is -1.11. The van der Waals surface area contributed by atoms with Crippen molar-refractivity contribution in [3.63, 3.8) is 0 Å². The molecule has 1 N–H and O–H groups in total. The van der Waals surface area contributed by atoms with Gasteiger partial charge in [-0.1, -0.05) is 12.8 Å². The van der Waals surface area contributed by atoms with Crippen LogP contribution in [0, 0.1) is 29.3 Å². The van der Waals surface area contributed by atoms with Crippen molar-refractivity contribution >= 4 is 0 Å². The lowest BCUT2D eigenvalue weighted by Crippen LogP contribution is -2.35. The number of aliphatic hydroxyl groups is 1. The van der Waals surface area contributed by atoms with E-state index in [1.165, 1.54) is 6.42 Å². The van der Waals surface area contributed by atoms with Crippen molar-refractivity contribution in [3.05, 3.63) is 35.1 Å². The molecule has 0 amide bonds. The van der Waals surface area contributed by atoms with E-state index < -0.39 is 23.1 Å². The van der Waals surface area contributed by atoms with Gasteiger partial charge in [0.05, 0.1) is 18.8 Å². The second-order valence-electron chi connectivity index (χ2n) is 8.86. The van der Waals surface area contributed by atoms with Crippen molar-refractivity contribution in [3.8, 4) is 0 Å². The molecule has 0 atom stereocenters. The van der Waals surface area contributed by atoms with Gasteiger partial charge in [-0.15, -0.1) is 0 Å². The van der Waals surface area contributed by atoms with Gasteiger partial charge >= 0.3 is 0 Å². The molecule has 0 radical (unpaired) electrons. The number of rotatable bonds is 4. The minimum Gasteiger partial charge on any atom is -0.385 e. The summed E-state index contributed by atoms with van der Waals surface area (Å²) >= 11 is 0. The normalized spacial score (nSPS) is 30.8. The Bertz CT molecular complexity index is 661. The van der Waals surface area contributed by atoms with E-state index in [0.29, 0.717) is 37.9 Å². The van der Waals surface area contributed by atoms with Gasteiger partial charge in [0, 0.05) is 12.8 Å². The van der Waals surface area contributed by atoms with E-state index in [9.17, 15) is 18.3 Å². The number of hydrogen-bond donors (Lipinski definition) is 1. The fourth-order valence-electron chi connectivity index (χ4n) is 5.22. The molecular formula is C22H29F3O3. The lowest BCUT2D eigenvalue weighted by Gasteiger charge is -2.38. The van der Waals surface area contributed by atoms with Gasteiger partial charge in [0.25, 0.3) is 0 Å². The maximum Gasteiger partial charge on any atom is 0.194 e. The van der Waals surface area contributed by atoms with E-state index in [2.05, 4.69) is 0 Å². The molecule has 2 saturated carbocycles. The summed E-state index contributed by atoms with van der Waals surface area (Å²) in [5.74, 6) is -3.06. The zero-order chi connectivity index (χ0) is 19.8. The van der Waals surface area contributed by atoms with Gasteiger partial charge in [-0.3, -0.25) is 0 Å². The second-order valence-corrected chi connectivity index (χ2v) is 8.86. The molecule has 3 aliphatic rings. The maximum absolute atomic E-state index is 13.5. The number of benzene rings is 1. The average molecular weight is 398 g/mol. The molecule has 0 bridgehead atoms. The minimum absolute atomic E-state index is 0.150. The van der Waals surface area contributed by atoms with Crippen LogP contribution >= 0.6 is 0 Å². The Hall–Kier alpha value is -1.11. The molecule has 0 unspecified atom stereocenters. The Labute approximate surface area is 164 Å². The van der Waals surface area contributed by atoms with Crippen LogP contribution < -0.4 is 0 Å². The molecule has 156 valence electrons. The Kier molecular flexibility index (Phi) is 5.73. The highest BCUT2D eigenvalue weighted by Gasteiger charge is 2.41. The van der Waals surface area contributed by atoms with E-state index in [0.717, 1.165) is 57.1 Å². The first-order valence-electron chi connectivity index (χ1n) is 10.5. The average Bonchev–Trinajstić information content (AvgIpc) is 3.15. The van der Waals surface area contributed by atoms with Crippen LogP contribution in [0.2, 0.25) is 0 Å². The fraction of sp³-hybridized carbons (Fsp3) is 0.727. The lowest BCUT2D eigenvalue weighted by molar-refractivity contribution is -0.182. The Morgan fingerprint density at radius 1 is 0.821 bits per heavy atom. The van der Waals surface area contributed by atoms with E-state index in [1.54, 1.807) is 0 Å². The molecule has 1 saturated heterocycles. The summed E-state index contributed by atoms with van der Waals surface area (Å²) in [5, 5.41) is 10.9. The minimum atomic E-state index is -1.48. The monoisotopic (exact) mass is 398 g/mol. The number of hydrogen-bond acceptors (Lipinski definition) is 3. The van der Waals surface area contributed by atoms with Crippen molar-refractivity contribution in [1.82, 2.24) is 0 Å². The van der Waals surface area contributed by atoms with Crippen molar-refractivity contribution < 1.29 is 27.8 Å². The van der Waals surface area contributed by atoms with Gasteiger partial charge in [-0.05, 0) is 68.1 Å². The third kappa shape index (κ3) is 4.10. The quantitative estimate of drug-likeness (QED) is 0.709. The molecule has 1 aliphatic heterocycles. The van der Waals surface area contributed by atoms with Crippen molar-refractivity contribution in [2.75, 3.05) is 13.2 Å². The van der Waals surface area contributed by atoms with Crippen LogP contribution in [0.3, 0.4) is 0 Å². The number of ether oxygens (including phenoxy) is 2. The van der Waals surface area contributed by atoms with Crippen LogP contribution in [-0.2, 0) is 15.1 Å². The molecule has 1 aromatic rings. The van der Waals surface area contributed by atoms with Gasteiger partial charge in [-0.2, -0.15) is 0 Å². The molecule has 3 nitrogen and oxygen atoms in total. The van der Waals surface area contributed by atoms with Gasteiger partial charge in [0.2, 0.25) is 0 Å². The predicted octanol–water partition coefficient (Wildman–Crippen LogP) is 5.20. The summed E-state index contributed by atoms with van der Waals surface area (Å²) in [7, 11) is 0. The summed E-state index contributed by atoms with van der Waals surface area (Å²) in [6, 6.07) is 1.87. The molecule has 3 fully saturated rings. The van der Waals surface area contributed by atoms with Crippen LogP contribution in [0.1, 0.15) is 69.8 Å². The third-order valence-corrected chi connectivity index (χ3v) is 7.12. The first kappa shape index (κ1) is 20.2. The zero-order valence-corrected chi connectivity index (χ0v) is 16.2. The van der Waals surface area contributed by atoms with Crippen LogP contribution in [-0.4, -0.2) is 24.1 Å². The summed E-state index contributed by atoms with van der Waals surface area (Å²) in [6.07, 6.45) is 9.04. The van der Waals surface area contributed by atoms with Gasteiger partial charge in [-0.25, -0.2) is 13.2 Å². The smallest absolute Gasteiger partial charge is 0.194 e. The molecule has 4 rings (SSSR count). The van der Waals surface area contributed by atoms with E-state index in [-0.39, 0.29) is 11.4 Å². The van der Waals surface area contributed by atoms with Crippen molar-refractivity contribution in [1.29, 1.82) is 0 Å². The molecular weight excluding hydrogens is 369 g/mol. The molecule has 2 aliphatic carbocycles. The molecule has 1 heterocycles. The first-order valence-corrected chi connectivity index (χ1v) is 10.5. The van der Waals surface area contributed by atoms with Crippen LogP contribution in [0.4, 0.5) is 13.2 Å². The van der Waals surface area contributed by atoms with Gasteiger partial charge in [0.1, 0.15) is 0 Å². The largest absolute Gasteiger partial charge is 0.385 e. The van der Waals surface area contributed by atoms with Crippen LogP contribution in [0.5, 0.6) is 0 Å². The summed E-state index contributed by atoms with van der Waals surface area (Å²) in [4.78, 5) is 0. The Balaban J connectivity index is 1.25. The van der Waals surface area contributed by atoms with E-state index in [4.69, 9.17) is 9.47 Å². The topological polar surface area (TPSA) is 38.7 Å². The Morgan fingerprint density at radius 3 is 1.79 bits per heavy atom. The SMILES string of the molecule is OC1(c2cc(F)c(F)c(F)c2)CCC(CCC2CCC3(CC2)OCCO3)CC1. The molecule has 0 aromatic heterocycles. The fourth-order valence-corrected chi connectivity index (χ4v) is 5.22. The zero-order valence-electron chi connectivity index (χ0n) is 16.2. The maximum atomic E-state index is 13.5. The molecule has 1 spiro atoms. The highest BCUT2D eigenvalue weighted by atomic mass is 19.2. The Morgan fingerprint density at radius 2 is 1.29 bits per heavy atom. The van der Waals surface area contributed by atoms with Gasteiger partial charge in [0.15, 0.2) is 23.2 Å². The van der Waals surface area contributed by atoms with Crippen LogP contribution in [0.15, 0.2) is 12.1 Å². The summed E-state index contributed by atoms with van der Waals surface area (Å²) in [6.45, 7) is 1.41. The first-order chi connectivity index (χ1) is 13.4. The van der Waals surface area contributed by atoms with Crippen molar-refractivity contribution in [2.24, 2.45) is 11.8 Å². The molecule has 6 heteroatoms.